The first-order chi connectivity index (χ1) is 10.5. The highest BCUT2D eigenvalue weighted by atomic mass is 16.8. The molecule has 1 aliphatic rings. The van der Waals surface area contributed by atoms with Crippen molar-refractivity contribution in [3.05, 3.63) is 0 Å². The van der Waals surface area contributed by atoms with Crippen molar-refractivity contribution in [2.75, 3.05) is 6.61 Å². The van der Waals surface area contributed by atoms with Crippen LogP contribution in [0.4, 0.5) is 0 Å². The van der Waals surface area contributed by atoms with E-state index in [1.165, 1.54) is 13.8 Å². The molecule has 0 aromatic rings. The van der Waals surface area contributed by atoms with Crippen LogP contribution in [-0.2, 0) is 42.9 Å². The van der Waals surface area contributed by atoms with Crippen LogP contribution in [-0.4, -0.2) is 54.6 Å². The summed E-state index contributed by atoms with van der Waals surface area (Å²) >= 11 is 0. The van der Waals surface area contributed by atoms with Crippen molar-refractivity contribution < 1.29 is 42.9 Å². The molecule has 1 rings (SSSR count). The zero-order chi connectivity index (χ0) is 17.8. The summed E-state index contributed by atoms with van der Waals surface area (Å²) < 4.78 is 25.7. The lowest BCUT2D eigenvalue weighted by atomic mass is 9.98. The molecule has 4 atom stereocenters. The molecule has 0 aliphatic carbocycles. The quantitative estimate of drug-likeness (QED) is 0.510. The number of ether oxygens (including phenoxy) is 5. The van der Waals surface area contributed by atoms with Gasteiger partial charge < -0.3 is 23.7 Å². The Labute approximate surface area is 133 Å². The van der Waals surface area contributed by atoms with Crippen LogP contribution in [0.3, 0.4) is 0 Å². The van der Waals surface area contributed by atoms with E-state index in [2.05, 4.69) is 0 Å². The molecule has 0 aromatic carbocycles. The minimum Gasteiger partial charge on any atom is -0.463 e. The van der Waals surface area contributed by atoms with Crippen LogP contribution in [0.2, 0.25) is 0 Å². The van der Waals surface area contributed by atoms with E-state index in [4.69, 9.17) is 23.7 Å². The lowest BCUT2D eigenvalue weighted by molar-refractivity contribution is -0.208. The van der Waals surface area contributed by atoms with Crippen LogP contribution < -0.4 is 0 Å². The van der Waals surface area contributed by atoms with E-state index in [0.29, 0.717) is 0 Å². The highest BCUT2D eigenvalue weighted by Gasteiger charge is 2.58. The van der Waals surface area contributed by atoms with Gasteiger partial charge in [0.1, 0.15) is 12.2 Å². The number of rotatable bonds is 5. The van der Waals surface area contributed by atoms with Gasteiger partial charge in [0.25, 0.3) is 0 Å². The monoisotopic (exact) mass is 332 g/mol. The first-order valence-corrected chi connectivity index (χ1v) is 6.88. The minimum absolute atomic E-state index is 0.282. The fraction of sp³-hybridized carbons (Fsp3) is 0.714. The summed E-state index contributed by atoms with van der Waals surface area (Å²) in [4.78, 5) is 44.9. The average Bonchev–Trinajstić information content (AvgIpc) is 2.60. The third kappa shape index (κ3) is 5.20. The molecule has 0 saturated carbocycles. The van der Waals surface area contributed by atoms with Crippen LogP contribution in [0.5, 0.6) is 0 Å². The first-order valence-electron chi connectivity index (χ1n) is 6.88. The van der Waals surface area contributed by atoms with Gasteiger partial charge in [0.05, 0.1) is 0 Å². The number of carbonyl (C=O) groups excluding carboxylic acids is 4. The van der Waals surface area contributed by atoms with Gasteiger partial charge in [-0.05, 0) is 6.92 Å². The van der Waals surface area contributed by atoms with Gasteiger partial charge in [0, 0.05) is 27.7 Å². The summed E-state index contributed by atoms with van der Waals surface area (Å²) in [6.45, 7) is 5.87. The molecule has 1 saturated heterocycles. The molecular formula is C14H20O9. The van der Waals surface area contributed by atoms with Gasteiger partial charge in [-0.2, -0.15) is 0 Å². The van der Waals surface area contributed by atoms with Crippen molar-refractivity contribution in [2.24, 2.45) is 0 Å². The third-order valence-electron chi connectivity index (χ3n) is 2.99. The molecule has 130 valence electrons. The van der Waals surface area contributed by atoms with Crippen LogP contribution in [0.1, 0.15) is 34.6 Å². The van der Waals surface area contributed by atoms with E-state index in [9.17, 15) is 19.2 Å². The maximum Gasteiger partial charge on any atom is 0.305 e. The zero-order valence-electron chi connectivity index (χ0n) is 13.6. The van der Waals surface area contributed by atoms with E-state index >= 15 is 0 Å². The molecular weight excluding hydrogens is 312 g/mol. The summed E-state index contributed by atoms with van der Waals surface area (Å²) in [5.74, 6) is -2.58. The molecule has 0 bridgehead atoms. The normalized spacial score (nSPS) is 29.5. The number of carbonyl (C=O) groups is 4. The molecule has 0 N–H and O–H groups in total. The van der Waals surface area contributed by atoms with Crippen molar-refractivity contribution in [1.29, 1.82) is 0 Å². The van der Waals surface area contributed by atoms with E-state index in [1.54, 1.807) is 0 Å². The van der Waals surface area contributed by atoms with E-state index in [0.717, 1.165) is 20.8 Å². The predicted molar refractivity (Wildman–Crippen MR) is 72.8 cm³/mol. The van der Waals surface area contributed by atoms with Gasteiger partial charge >= 0.3 is 23.9 Å². The molecule has 1 heterocycles. The minimum atomic E-state index is -1.35. The fourth-order valence-electron chi connectivity index (χ4n) is 2.18. The molecule has 1 unspecified atom stereocenters. The molecule has 0 spiro atoms. The third-order valence-corrected chi connectivity index (χ3v) is 2.99. The maximum absolute atomic E-state index is 11.4. The maximum atomic E-state index is 11.4. The lowest BCUT2D eigenvalue weighted by Gasteiger charge is -2.29. The van der Waals surface area contributed by atoms with E-state index in [1.807, 2.05) is 0 Å². The van der Waals surface area contributed by atoms with Crippen LogP contribution in [0.25, 0.3) is 0 Å². The first kappa shape index (κ1) is 18.9. The molecule has 0 radical (unpaired) electrons. The Morgan fingerprint density at radius 2 is 1.39 bits per heavy atom. The van der Waals surface area contributed by atoms with Crippen molar-refractivity contribution in [3.63, 3.8) is 0 Å². The van der Waals surface area contributed by atoms with Crippen LogP contribution in [0, 0.1) is 0 Å². The SMILES string of the molecule is CC(=O)OC[C@]1(C)OC(OC(C)=O)[C@@H](OC(C)=O)[C@H]1OC(C)=O. The van der Waals surface area contributed by atoms with Crippen LogP contribution in [0.15, 0.2) is 0 Å². The highest BCUT2D eigenvalue weighted by molar-refractivity contribution is 5.68. The van der Waals surface area contributed by atoms with Crippen LogP contribution >= 0.6 is 0 Å². The smallest absolute Gasteiger partial charge is 0.305 e. The molecule has 0 amide bonds. The van der Waals surface area contributed by atoms with Crippen molar-refractivity contribution in [3.8, 4) is 0 Å². The summed E-state index contributed by atoms with van der Waals surface area (Å²) in [6.07, 6.45) is -3.59. The van der Waals surface area contributed by atoms with Gasteiger partial charge in [-0.1, -0.05) is 0 Å². The second-order valence-corrected chi connectivity index (χ2v) is 5.29. The molecule has 1 aliphatic heterocycles. The van der Waals surface area contributed by atoms with E-state index in [-0.39, 0.29) is 6.61 Å². The predicted octanol–water partition coefficient (Wildman–Crippen LogP) is 0.0910. The molecule has 9 nitrogen and oxygen atoms in total. The summed E-state index contributed by atoms with van der Waals surface area (Å²) in [5.41, 5.74) is -1.35. The van der Waals surface area contributed by atoms with Crippen molar-refractivity contribution in [2.45, 2.75) is 58.7 Å². The largest absolute Gasteiger partial charge is 0.463 e. The Morgan fingerprint density at radius 3 is 1.83 bits per heavy atom. The highest BCUT2D eigenvalue weighted by Crippen LogP contribution is 2.36. The van der Waals surface area contributed by atoms with Gasteiger partial charge in [-0.25, -0.2) is 0 Å². The summed E-state index contributed by atoms with van der Waals surface area (Å²) in [6, 6.07) is 0. The second kappa shape index (κ2) is 7.40. The van der Waals surface area contributed by atoms with Crippen molar-refractivity contribution in [1.82, 2.24) is 0 Å². The van der Waals surface area contributed by atoms with Crippen molar-refractivity contribution >= 4 is 23.9 Å². The Bertz CT molecular complexity index is 500. The molecule has 23 heavy (non-hydrogen) atoms. The standard InChI is InChI=1S/C14H20O9/c1-7(15)19-6-14(5)12(21-9(3)17)11(20-8(2)16)13(23-14)22-10(4)18/h11-13H,6H2,1-5H3/t11-,12+,13?,14-/m0/s1. The topological polar surface area (TPSA) is 114 Å². The van der Waals surface area contributed by atoms with Gasteiger partial charge in [-0.3, -0.25) is 19.2 Å². The second-order valence-electron chi connectivity index (χ2n) is 5.29. The fourth-order valence-corrected chi connectivity index (χ4v) is 2.18. The Hall–Kier alpha value is -2.16. The summed E-state index contributed by atoms with van der Waals surface area (Å²) in [7, 11) is 0. The average molecular weight is 332 g/mol. The Balaban J connectivity index is 3.11. The molecule has 9 heteroatoms. The summed E-state index contributed by atoms with van der Waals surface area (Å²) in [5, 5.41) is 0. The van der Waals surface area contributed by atoms with Gasteiger partial charge in [0.15, 0.2) is 6.10 Å². The zero-order valence-corrected chi connectivity index (χ0v) is 13.6. The van der Waals surface area contributed by atoms with Gasteiger partial charge in [-0.15, -0.1) is 0 Å². The number of esters is 4. The van der Waals surface area contributed by atoms with Gasteiger partial charge in [0.2, 0.25) is 12.4 Å². The Kier molecular flexibility index (Phi) is 6.08. The van der Waals surface area contributed by atoms with E-state index < -0.39 is 48.0 Å². The Morgan fingerprint density at radius 1 is 0.870 bits per heavy atom. The molecule has 1 fully saturated rings. The molecule has 0 aromatic heterocycles. The lowest BCUT2D eigenvalue weighted by Crippen LogP contribution is -2.48. The number of hydrogen-bond acceptors (Lipinski definition) is 9. The number of hydrogen-bond donors (Lipinski definition) is 0.